The molecule has 1 atom stereocenters. The lowest BCUT2D eigenvalue weighted by atomic mass is 10.0. The number of piperazine rings is 1. The lowest BCUT2D eigenvalue weighted by Crippen LogP contribution is -2.53. The van der Waals surface area contributed by atoms with Crippen molar-refractivity contribution >= 4 is 29.2 Å². The normalized spacial score (nSPS) is 16.8. The number of rotatable bonds is 18. The highest BCUT2D eigenvalue weighted by atomic mass is 16.2. The van der Waals surface area contributed by atoms with E-state index in [9.17, 15) is 9.59 Å². The van der Waals surface area contributed by atoms with Crippen molar-refractivity contribution in [3.8, 4) is 0 Å². The molecule has 1 aromatic heterocycles. The maximum Gasteiger partial charge on any atom is 0.349 e. The highest BCUT2D eigenvalue weighted by molar-refractivity contribution is 5.88. The van der Waals surface area contributed by atoms with Crippen LogP contribution in [-0.4, -0.2) is 115 Å². The van der Waals surface area contributed by atoms with Crippen molar-refractivity contribution < 1.29 is 4.79 Å². The van der Waals surface area contributed by atoms with Crippen LogP contribution in [-0.2, 0) is 6.54 Å². The van der Waals surface area contributed by atoms with Crippen molar-refractivity contribution in [2.45, 2.75) is 110 Å². The number of anilines is 3. The minimum absolute atomic E-state index is 0.112. The molecule has 0 radical (unpaired) electrons. The number of nitrogens with one attached hydrogen (secondary N) is 4. The van der Waals surface area contributed by atoms with Gasteiger partial charge in [0.2, 0.25) is 0 Å². The zero-order valence-corrected chi connectivity index (χ0v) is 33.3. The van der Waals surface area contributed by atoms with Crippen LogP contribution in [0.15, 0.2) is 40.2 Å². The van der Waals surface area contributed by atoms with Gasteiger partial charge in [-0.3, -0.25) is 19.8 Å². The van der Waals surface area contributed by atoms with E-state index in [2.05, 4.69) is 85.0 Å². The third kappa shape index (κ3) is 14.5. The van der Waals surface area contributed by atoms with E-state index < -0.39 is 11.6 Å². The van der Waals surface area contributed by atoms with E-state index >= 15 is 0 Å². The summed E-state index contributed by atoms with van der Waals surface area (Å²) in [4.78, 5) is 40.8. The summed E-state index contributed by atoms with van der Waals surface area (Å²) in [5.41, 5.74) is 14.2. The quantitative estimate of drug-likeness (QED) is 0.0751. The number of amides is 2. The fourth-order valence-electron chi connectivity index (χ4n) is 7.19. The summed E-state index contributed by atoms with van der Waals surface area (Å²) in [6, 6.07) is 9.21. The first-order chi connectivity index (χ1) is 25.3. The Morgan fingerprint density at radius 3 is 2.36 bits per heavy atom. The van der Waals surface area contributed by atoms with Crippen molar-refractivity contribution in [1.82, 2.24) is 30.0 Å². The van der Waals surface area contributed by atoms with Crippen LogP contribution in [0.25, 0.3) is 0 Å². The minimum Gasteiger partial charge on any atom is -0.383 e. The molecule has 3 heterocycles. The van der Waals surface area contributed by atoms with Gasteiger partial charge in [-0.25, -0.2) is 9.59 Å². The second kappa shape index (κ2) is 20.5. The van der Waals surface area contributed by atoms with E-state index in [1.54, 1.807) is 16.8 Å². The van der Waals surface area contributed by atoms with Crippen molar-refractivity contribution in [2.75, 3.05) is 81.5 Å². The molecule has 296 valence electrons. The number of carbonyl (C=O) groups is 1. The number of nitrogens with two attached hydrogens (primary N) is 2. The first kappa shape index (κ1) is 41.9. The predicted octanol–water partition coefficient (Wildman–Crippen LogP) is 3.80. The van der Waals surface area contributed by atoms with Crippen LogP contribution in [0.5, 0.6) is 0 Å². The fraction of sp³-hybridized carbons (Fsp3) is 0.692. The van der Waals surface area contributed by atoms with E-state index in [-0.39, 0.29) is 23.5 Å². The van der Waals surface area contributed by atoms with E-state index in [0.717, 1.165) is 77.4 Å². The van der Waals surface area contributed by atoms with E-state index in [1.165, 1.54) is 42.9 Å². The Morgan fingerprint density at radius 1 is 0.981 bits per heavy atom. The van der Waals surface area contributed by atoms with Gasteiger partial charge in [-0.2, -0.15) is 4.98 Å². The molecule has 0 spiro atoms. The van der Waals surface area contributed by atoms with Crippen LogP contribution in [0.1, 0.15) is 91.0 Å². The third-order valence-electron chi connectivity index (χ3n) is 10.2. The van der Waals surface area contributed by atoms with Crippen LogP contribution in [0.3, 0.4) is 0 Å². The zero-order chi connectivity index (χ0) is 38.4. The summed E-state index contributed by atoms with van der Waals surface area (Å²) >= 11 is 0. The Kier molecular flexibility index (Phi) is 16.2. The number of aryl methyl sites for hydroxylation is 1. The molecule has 2 fully saturated rings. The molecular formula is C39H68N12O2. The van der Waals surface area contributed by atoms with Gasteiger partial charge in [0, 0.05) is 69.6 Å². The molecule has 14 heteroatoms. The van der Waals surface area contributed by atoms with Crippen molar-refractivity contribution in [2.24, 2.45) is 16.5 Å². The molecule has 2 aromatic rings. The predicted molar refractivity (Wildman–Crippen MR) is 219 cm³/mol. The molecule has 2 amide bonds. The molecule has 8 N–H and O–H groups in total. The molecule has 14 nitrogen and oxygen atoms in total. The molecule has 2 saturated heterocycles. The standard InChI is InChI=1S/C39H68N12O2/c1-29(2)30-12-13-34(50-26-24-49(25-27-50)32-14-21-48(6)22-15-32)33(28-30)43-19-9-18-42-31(10-7-17-44-36(40)41)11-8-20-51-23-16-35(46-38(51)53)45-37(52)47-39(3,4)5/h12-13,16,23,28-29,31-32,42-43H,7-11,14-15,17-22,24-27H2,1-6H3,(H4,40,41,44)(H2,45,46,47,52,53)/t31-/m0/s1. The van der Waals surface area contributed by atoms with Gasteiger partial charge in [-0.1, -0.05) is 19.9 Å². The number of benzene rings is 1. The molecule has 0 saturated carbocycles. The molecule has 0 aliphatic carbocycles. The maximum absolute atomic E-state index is 12.7. The van der Waals surface area contributed by atoms with E-state index in [1.807, 2.05) is 20.8 Å². The van der Waals surface area contributed by atoms with Crippen molar-refractivity contribution in [3.05, 3.63) is 46.5 Å². The Hall–Kier alpha value is -3.88. The van der Waals surface area contributed by atoms with Crippen LogP contribution in [0, 0.1) is 0 Å². The van der Waals surface area contributed by atoms with Crippen molar-refractivity contribution in [3.63, 3.8) is 0 Å². The van der Waals surface area contributed by atoms with Gasteiger partial charge in [0.1, 0.15) is 5.82 Å². The maximum atomic E-state index is 12.7. The first-order valence-corrected chi connectivity index (χ1v) is 19.8. The summed E-state index contributed by atoms with van der Waals surface area (Å²) in [7, 11) is 2.23. The van der Waals surface area contributed by atoms with Gasteiger partial charge in [0.05, 0.1) is 11.4 Å². The molecule has 1 aromatic carbocycles. The van der Waals surface area contributed by atoms with Crippen LogP contribution >= 0.6 is 0 Å². The number of aliphatic imine (C=N–C) groups is 1. The average molecular weight is 737 g/mol. The number of hydrogen-bond donors (Lipinski definition) is 6. The number of carbonyl (C=O) groups excluding carboxylic acids is 1. The largest absolute Gasteiger partial charge is 0.383 e. The monoisotopic (exact) mass is 737 g/mol. The average Bonchev–Trinajstić information content (AvgIpc) is 3.10. The fourth-order valence-corrected chi connectivity index (χ4v) is 7.19. The lowest BCUT2D eigenvalue weighted by Gasteiger charge is -2.43. The smallest absolute Gasteiger partial charge is 0.349 e. The summed E-state index contributed by atoms with van der Waals surface area (Å²) in [6.07, 6.45) is 8.69. The summed E-state index contributed by atoms with van der Waals surface area (Å²) in [6.45, 7) is 19.8. The second-order valence-corrected chi connectivity index (χ2v) is 16.1. The first-order valence-electron chi connectivity index (χ1n) is 19.8. The van der Waals surface area contributed by atoms with Gasteiger partial charge in [-0.15, -0.1) is 0 Å². The zero-order valence-electron chi connectivity index (χ0n) is 33.3. The molecule has 0 unspecified atom stereocenters. The number of nitrogens with zero attached hydrogens (tertiary/aromatic N) is 6. The van der Waals surface area contributed by atoms with Gasteiger partial charge in [0.25, 0.3) is 0 Å². The van der Waals surface area contributed by atoms with Gasteiger partial charge < -0.3 is 37.2 Å². The van der Waals surface area contributed by atoms with Gasteiger partial charge in [0.15, 0.2) is 5.96 Å². The molecular weight excluding hydrogens is 669 g/mol. The van der Waals surface area contributed by atoms with E-state index in [0.29, 0.717) is 19.0 Å². The molecule has 0 bridgehead atoms. The lowest BCUT2D eigenvalue weighted by molar-refractivity contribution is 0.115. The highest BCUT2D eigenvalue weighted by Crippen LogP contribution is 2.31. The number of likely N-dealkylation sites (tertiary alicyclic amines) is 1. The summed E-state index contributed by atoms with van der Waals surface area (Å²) in [5, 5.41) is 13.0. The van der Waals surface area contributed by atoms with Crippen LogP contribution < -0.4 is 43.3 Å². The molecule has 4 rings (SSSR count). The third-order valence-corrected chi connectivity index (χ3v) is 10.2. The second-order valence-electron chi connectivity index (χ2n) is 16.1. The SMILES string of the molecule is CC(C)c1ccc(N2CCN(C3CCN(C)CC3)CC2)c(NCCCN[C@@H](CCCN=C(N)N)CCCn2ccc(NC(=O)NC(C)(C)C)nc2=O)c1. The number of guanidine groups is 1. The summed E-state index contributed by atoms with van der Waals surface area (Å²) in [5.74, 6) is 0.810. The topological polar surface area (TPSA) is 174 Å². The number of aromatic nitrogens is 2. The van der Waals surface area contributed by atoms with Gasteiger partial charge >= 0.3 is 11.7 Å². The van der Waals surface area contributed by atoms with E-state index in [4.69, 9.17) is 11.5 Å². The van der Waals surface area contributed by atoms with Crippen molar-refractivity contribution in [1.29, 1.82) is 0 Å². The molecule has 2 aliphatic heterocycles. The number of urea groups is 1. The van der Waals surface area contributed by atoms with Crippen LogP contribution in [0.2, 0.25) is 0 Å². The summed E-state index contributed by atoms with van der Waals surface area (Å²) < 4.78 is 1.59. The Morgan fingerprint density at radius 2 is 1.70 bits per heavy atom. The Balaban J connectivity index is 1.27. The molecule has 2 aliphatic rings. The van der Waals surface area contributed by atoms with Crippen LogP contribution in [0.4, 0.5) is 22.0 Å². The Labute approximate surface area is 317 Å². The number of piperidine rings is 1. The van der Waals surface area contributed by atoms with Gasteiger partial charge in [-0.05, 0) is 122 Å². The Bertz CT molecular complexity index is 1500. The highest BCUT2D eigenvalue weighted by Gasteiger charge is 2.27. The minimum atomic E-state index is -0.395. The molecule has 53 heavy (non-hydrogen) atoms. The number of hydrogen-bond acceptors (Lipinski definition) is 9.